The van der Waals surface area contributed by atoms with E-state index in [0.717, 1.165) is 5.21 Å². The molecule has 0 spiro atoms. The molecular formula is C16H18AsI. The van der Waals surface area contributed by atoms with E-state index in [4.69, 9.17) is 0 Å². The van der Waals surface area contributed by atoms with Crippen LogP contribution in [-0.4, -0.2) is 9.10 Å². The Morgan fingerprint density at radius 3 is 1.67 bits per heavy atom. The van der Waals surface area contributed by atoms with E-state index in [1.165, 1.54) is 8.70 Å². The molecule has 0 bridgehead atoms. The quantitative estimate of drug-likeness (QED) is 0.406. The number of allylic oxidation sites excluding steroid dienone is 1. The molecular weight excluding hydrogens is 394 g/mol. The van der Waals surface area contributed by atoms with E-state index in [9.17, 15) is 0 Å². The van der Waals surface area contributed by atoms with Crippen LogP contribution in [0.4, 0.5) is 0 Å². The molecule has 0 N–H and O–H groups in total. The molecule has 0 unspecified atom stereocenters. The normalized spacial score (nSPS) is 13.6. The third kappa shape index (κ3) is 2.43. The van der Waals surface area contributed by atoms with Gasteiger partial charge in [-0.15, -0.1) is 0 Å². The van der Waals surface area contributed by atoms with Crippen LogP contribution >= 0.6 is 20.1 Å². The first-order valence-corrected chi connectivity index (χ1v) is 16.8. The van der Waals surface area contributed by atoms with E-state index in [-0.39, 0.29) is 0 Å². The van der Waals surface area contributed by atoms with Gasteiger partial charge in [-0.3, -0.25) is 0 Å². The minimum absolute atomic E-state index is 1.08. The number of benzene rings is 2. The molecule has 0 saturated heterocycles. The summed E-state index contributed by atoms with van der Waals surface area (Å²) in [5, 5.41) is 1.08. The van der Waals surface area contributed by atoms with Crippen molar-refractivity contribution in [1.29, 1.82) is 0 Å². The fourth-order valence-corrected chi connectivity index (χ4v) is 13.8. The summed E-state index contributed by atoms with van der Waals surface area (Å²) in [5.74, 6) is 0. The van der Waals surface area contributed by atoms with Crippen LogP contribution < -0.4 is 8.70 Å². The van der Waals surface area contributed by atoms with Gasteiger partial charge in [0.15, 0.2) is 0 Å². The Labute approximate surface area is 121 Å². The Morgan fingerprint density at radius 1 is 0.944 bits per heavy atom. The second kappa shape index (κ2) is 5.22. The summed E-state index contributed by atoms with van der Waals surface area (Å²) < 4.78 is 2.98. The van der Waals surface area contributed by atoms with Crippen LogP contribution in [0.1, 0.15) is 0 Å². The topological polar surface area (TPSA) is 0 Å². The Morgan fingerprint density at radius 2 is 1.33 bits per heavy atom. The standard InChI is InChI=1S/C16H18AsI/c1-3-14-17(2,18,15-10-6-4-7-11-15)16-12-8-5-9-13-16/h3-13H,1,14H2,2H3. The van der Waals surface area contributed by atoms with E-state index in [2.05, 4.69) is 99.2 Å². The molecule has 2 heteroatoms. The van der Waals surface area contributed by atoms with Crippen molar-refractivity contribution in [2.24, 2.45) is 0 Å². The zero-order chi connectivity index (χ0) is 13.1. The van der Waals surface area contributed by atoms with Gasteiger partial charge in [0.2, 0.25) is 0 Å². The summed E-state index contributed by atoms with van der Waals surface area (Å²) in [6.45, 7) is 3.98. The van der Waals surface area contributed by atoms with Gasteiger partial charge in [-0.05, 0) is 0 Å². The van der Waals surface area contributed by atoms with Crippen molar-refractivity contribution in [2.75, 3.05) is 0 Å². The van der Waals surface area contributed by atoms with Crippen LogP contribution in [0.5, 0.6) is 0 Å². The third-order valence-electron chi connectivity index (χ3n) is 3.41. The van der Waals surface area contributed by atoms with E-state index in [1.54, 1.807) is 0 Å². The predicted octanol–water partition coefficient (Wildman–Crippen LogP) is 3.95. The van der Waals surface area contributed by atoms with Crippen LogP contribution in [0, 0.1) is 0 Å². The SMILES string of the molecule is C=CC[As](C)(I)(c1ccccc1)c1ccccc1. The van der Waals surface area contributed by atoms with Gasteiger partial charge in [0, 0.05) is 0 Å². The van der Waals surface area contributed by atoms with Crippen molar-refractivity contribution >= 4 is 37.9 Å². The first-order chi connectivity index (χ1) is 8.57. The number of rotatable bonds is 4. The first-order valence-electron chi connectivity index (χ1n) is 6.02. The van der Waals surface area contributed by atoms with Gasteiger partial charge in [0.25, 0.3) is 0 Å². The molecule has 0 fully saturated rings. The molecule has 0 radical (unpaired) electrons. The van der Waals surface area contributed by atoms with E-state index in [0.29, 0.717) is 0 Å². The molecule has 0 amide bonds. The van der Waals surface area contributed by atoms with Gasteiger partial charge >= 0.3 is 122 Å². The molecule has 0 aliphatic heterocycles. The average molecular weight is 412 g/mol. The van der Waals surface area contributed by atoms with Gasteiger partial charge < -0.3 is 0 Å². The van der Waals surface area contributed by atoms with Crippen molar-refractivity contribution in [3.63, 3.8) is 0 Å². The van der Waals surface area contributed by atoms with E-state index < -0.39 is 9.10 Å². The van der Waals surface area contributed by atoms with Crippen molar-refractivity contribution in [3.05, 3.63) is 73.3 Å². The molecule has 0 atom stereocenters. The molecule has 2 rings (SSSR count). The van der Waals surface area contributed by atoms with Gasteiger partial charge in [-0.25, -0.2) is 0 Å². The second-order valence-electron chi connectivity index (χ2n) is 4.79. The van der Waals surface area contributed by atoms with Gasteiger partial charge in [0.1, 0.15) is 0 Å². The van der Waals surface area contributed by atoms with Crippen molar-refractivity contribution in [3.8, 4) is 0 Å². The fourth-order valence-electron chi connectivity index (χ4n) is 2.29. The van der Waals surface area contributed by atoms with Crippen molar-refractivity contribution in [2.45, 2.75) is 10.9 Å². The summed E-state index contributed by atoms with van der Waals surface area (Å²) in [4.78, 5) is 0. The molecule has 0 aliphatic rings. The van der Waals surface area contributed by atoms with E-state index >= 15 is 0 Å². The zero-order valence-corrected chi connectivity index (χ0v) is 14.6. The summed E-state index contributed by atoms with van der Waals surface area (Å²) in [6, 6.07) is 21.8. The van der Waals surface area contributed by atoms with Gasteiger partial charge in [0.05, 0.1) is 0 Å². The molecule has 0 aromatic heterocycles. The average Bonchev–Trinajstić information content (AvgIpc) is 2.41. The summed E-state index contributed by atoms with van der Waals surface area (Å²) in [5.41, 5.74) is 2.46. The molecule has 2 aromatic rings. The van der Waals surface area contributed by atoms with Gasteiger partial charge in [-0.2, -0.15) is 0 Å². The summed E-state index contributed by atoms with van der Waals surface area (Å²) in [6.07, 6.45) is 2.08. The zero-order valence-electron chi connectivity index (χ0n) is 10.6. The van der Waals surface area contributed by atoms with Crippen LogP contribution in [0.2, 0.25) is 10.9 Å². The maximum absolute atomic E-state index is 3.98. The number of halogens is 1. The molecule has 0 aliphatic carbocycles. The van der Waals surface area contributed by atoms with Crippen LogP contribution in [0.3, 0.4) is 0 Å². The molecule has 0 heterocycles. The van der Waals surface area contributed by atoms with Crippen LogP contribution in [0.25, 0.3) is 0 Å². The Balaban J connectivity index is 2.67. The predicted molar refractivity (Wildman–Crippen MR) is 92.8 cm³/mol. The second-order valence-corrected chi connectivity index (χ2v) is 28.2. The molecule has 0 nitrogen and oxygen atoms in total. The Kier molecular flexibility index (Phi) is 4.03. The minimum atomic E-state index is -2.76. The Hall–Kier alpha value is -0.532. The van der Waals surface area contributed by atoms with Crippen molar-refractivity contribution in [1.82, 2.24) is 0 Å². The summed E-state index contributed by atoms with van der Waals surface area (Å²) in [7, 11) is -2.76. The van der Waals surface area contributed by atoms with Gasteiger partial charge in [-0.1, -0.05) is 0 Å². The molecule has 94 valence electrons. The van der Waals surface area contributed by atoms with Crippen molar-refractivity contribution < 1.29 is 0 Å². The summed E-state index contributed by atoms with van der Waals surface area (Å²) >= 11 is 2.75. The fraction of sp³-hybridized carbons (Fsp3) is 0.125. The molecule has 2 aromatic carbocycles. The number of hydrogen-bond donors (Lipinski definition) is 0. The van der Waals surface area contributed by atoms with E-state index in [1.807, 2.05) is 0 Å². The Bertz CT molecular complexity index is 488. The molecule has 18 heavy (non-hydrogen) atoms. The van der Waals surface area contributed by atoms with Crippen LogP contribution in [-0.2, 0) is 0 Å². The first kappa shape index (κ1) is 13.9. The molecule has 0 saturated carbocycles. The monoisotopic (exact) mass is 412 g/mol. The third-order valence-corrected chi connectivity index (χ3v) is 20.5. The maximum atomic E-state index is 3.98. The number of hydrogen-bond acceptors (Lipinski definition) is 0. The van der Waals surface area contributed by atoms with Crippen LogP contribution in [0.15, 0.2) is 73.3 Å².